The van der Waals surface area contributed by atoms with Crippen LogP contribution in [0.4, 0.5) is 24.8 Å². The first-order valence-electron chi connectivity index (χ1n) is 8.46. The molecule has 28 heavy (non-hydrogen) atoms. The molecule has 0 bridgehead atoms. The Hall–Kier alpha value is -2.65. The Balaban J connectivity index is 2.02. The Morgan fingerprint density at radius 2 is 1.93 bits per heavy atom. The maximum atomic E-state index is 13.9. The van der Waals surface area contributed by atoms with Crippen LogP contribution in [0.2, 0.25) is 5.15 Å². The Morgan fingerprint density at radius 3 is 2.61 bits per heavy atom. The van der Waals surface area contributed by atoms with Crippen molar-refractivity contribution >= 4 is 23.2 Å². The molecule has 0 aliphatic heterocycles. The van der Waals surface area contributed by atoms with Crippen molar-refractivity contribution in [1.29, 1.82) is 0 Å². The average Bonchev–Trinajstić information content (AvgIpc) is 3.03. The van der Waals surface area contributed by atoms with Crippen molar-refractivity contribution < 1.29 is 18.3 Å². The molecular weight excluding hydrogens is 395 g/mol. The van der Waals surface area contributed by atoms with Crippen LogP contribution in [0.25, 0.3) is 11.4 Å². The highest BCUT2D eigenvalue weighted by Gasteiger charge is 2.19. The minimum Gasteiger partial charge on any atom is -0.391 e. The van der Waals surface area contributed by atoms with Crippen molar-refractivity contribution in [2.24, 2.45) is 0 Å². The number of halogens is 4. The number of nitrogens with zero attached hydrogens (tertiary/aromatic N) is 4. The smallest absolute Gasteiger partial charge is 0.247 e. The highest BCUT2D eigenvalue weighted by molar-refractivity contribution is 6.29. The molecule has 2 aromatic heterocycles. The molecule has 0 radical (unpaired) electrons. The summed E-state index contributed by atoms with van der Waals surface area (Å²) in [6.07, 6.45) is -0.206. The lowest BCUT2D eigenvalue weighted by Crippen LogP contribution is -2.17. The number of anilines is 2. The van der Waals surface area contributed by atoms with Gasteiger partial charge in [0.15, 0.2) is 23.3 Å². The van der Waals surface area contributed by atoms with Crippen LogP contribution in [0, 0.1) is 24.4 Å². The van der Waals surface area contributed by atoms with Crippen LogP contribution < -0.4 is 5.32 Å². The van der Waals surface area contributed by atoms with Gasteiger partial charge in [0.25, 0.3) is 0 Å². The van der Waals surface area contributed by atoms with Crippen LogP contribution in [0.15, 0.2) is 24.3 Å². The summed E-state index contributed by atoms with van der Waals surface area (Å²) in [5.41, 5.74) is 0.920. The normalized spacial score (nSPS) is 12.2. The number of rotatable bonds is 6. The van der Waals surface area contributed by atoms with Gasteiger partial charge in [-0.15, -0.1) is 5.10 Å². The number of pyridine rings is 1. The minimum atomic E-state index is -1.59. The van der Waals surface area contributed by atoms with Crippen LogP contribution >= 0.6 is 11.6 Å². The lowest BCUT2D eigenvalue weighted by atomic mass is 10.2. The van der Waals surface area contributed by atoms with Crippen molar-refractivity contribution in [1.82, 2.24) is 19.7 Å². The number of aromatic nitrogens is 4. The SMILES string of the molecule is CCC(O)Cn1nc(Nc2ccc(F)c(F)c2F)nc1-c1cc(C)nc(Cl)c1. The summed E-state index contributed by atoms with van der Waals surface area (Å²) in [4.78, 5) is 8.39. The predicted molar refractivity (Wildman–Crippen MR) is 98.9 cm³/mol. The maximum Gasteiger partial charge on any atom is 0.247 e. The van der Waals surface area contributed by atoms with Crippen LogP contribution in [0.3, 0.4) is 0 Å². The van der Waals surface area contributed by atoms with Gasteiger partial charge in [-0.1, -0.05) is 18.5 Å². The zero-order valence-corrected chi connectivity index (χ0v) is 15.8. The molecule has 0 saturated carbocycles. The van der Waals surface area contributed by atoms with Gasteiger partial charge in [0.2, 0.25) is 5.95 Å². The topological polar surface area (TPSA) is 75.9 Å². The highest BCUT2D eigenvalue weighted by atomic mass is 35.5. The number of aliphatic hydroxyl groups excluding tert-OH is 1. The summed E-state index contributed by atoms with van der Waals surface area (Å²) in [5.74, 6) is -3.97. The minimum absolute atomic E-state index is 0.0474. The van der Waals surface area contributed by atoms with Crippen molar-refractivity contribution in [3.05, 3.63) is 52.6 Å². The first-order valence-corrected chi connectivity index (χ1v) is 8.84. The third-order valence-electron chi connectivity index (χ3n) is 3.99. The maximum absolute atomic E-state index is 13.9. The molecule has 10 heteroatoms. The van der Waals surface area contributed by atoms with Crippen LogP contribution in [0.1, 0.15) is 19.0 Å². The molecular formula is C18H17ClF3N5O. The zero-order valence-electron chi connectivity index (χ0n) is 15.0. The molecule has 2 heterocycles. The summed E-state index contributed by atoms with van der Waals surface area (Å²) < 4.78 is 42.0. The standard InChI is InChI=1S/C18H17ClF3N5O/c1-3-11(28)8-27-17(10-6-9(2)23-14(19)7-10)25-18(26-27)24-13-5-4-12(20)15(21)16(13)22/h4-7,11,28H,3,8H2,1-2H3,(H,24,26). The van der Waals surface area contributed by atoms with E-state index in [4.69, 9.17) is 11.6 Å². The van der Waals surface area contributed by atoms with E-state index in [1.807, 2.05) is 6.92 Å². The molecule has 0 saturated heterocycles. The molecule has 3 rings (SSSR count). The molecule has 0 aliphatic rings. The van der Waals surface area contributed by atoms with Gasteiger partial charge in [0.05, 0.1) is 18.3 Å². The third kappa shape index (κ3) is 4.26. The zero-order chi connectivity index (χ0) is 20.4. The highest BCUT2D eigenvalue weighted by Crippen LogP contribution is 2.26. The van der Waals surface area contributed by atoms with E-state index in [2.05, 4.69) is 20.4 Å². The lowest BCUT2D eigenvalue weighted by Gasteiger charge is -2.10. The van der Waals surface area contributed by atoms with E-state index in [9.17, 15) is 18.3 Å². The Bertz CT molecular complexity index is 991. The molecule has 2 N–H and O–H groups in total. The van der Waals surface area contributed by atoms with Crippen molar-refractivity contribution in [2.75, 3.05) is 5.32 Å². The summed E-state index contributed by atoms with van der Waals surface area (Å²) in [7, 11) is 0. The van der Waals surface area contributed by atoms with Gasteiger partial charge in [-0.2, -0.15) is 4.98 Å². The van der Waals surface area contributed by atoms with E-state index >= 15 is 0 Å². The fraction of sp³-hybridized carbons (Fsp3) is 0.278. The third-order valence-corrected chi connectivity index (χ3v) is 4.18. The first-order chi connectivity index (χ1) is 13.3. The average molecular weight is 412 g/mol. The number of nitrogens with one attached hydrogen (secondary N) is 1. The Morgan fingerprint density at radius 1 is 1.18 bits per heavy atom. The largest absolute Gasteiger partial charge is 0.391 e. The fourth-order valence-electron chi connectivity index (χ4n) is 2.56. The van der Waals surface area contributed by atoms with Crippen molar-refractivity contribution in [3.63, 3.8) is 0 Å². The second-order valence-electron chi connectivity index (χ2n) is 6.17. The Labute approximate surface area is 164 Å². The monoisotopic (exact) mass is 411 g/mol. The predicted octanol–water partition coefficient (Wildman–Crippen LogP) is 4.23. The van der Waals surface area contributed by atoms with Gasteiger partial charge in [-0.3, -0.25) is 0 Å². The van der Waals surface area contributed by atoms with Gasteiger partial charge in [-0.25, -0.2) is 22.8 Å². The number of hydrogen-bond donors (Lipinski definition) is 2. The quantitative estimate of drug-likeness (QED) is 0.469. The molecule has 0 aliphatic carbocycles. The number of benzene rings is 1. The molecule has 1 aromatic carbocycles. The molecule has 0 fully saturated rings. The van der Waals surface area contributed by atoms with E-state index < -0.39 is 23.6 Å². The lowest BCUT2D eigenvalue weighted by molar-refractivity contribution is 0.146. The molecule has 148 valence electrons. The van der Waals surface area contributed by atoms with Gasteiger partial charge >= 0.3 is 0 Å². The molecule has 1 atom stereocenters. The van der Waals surface area contributed by atoms with E-state index in [1.165, 1.54) is 4.68 Å². The second kappa shape index (κ2) is 8.15. The molecule has 0 amide bonds. The van der Waals surface area contributed by atoms with Gasteiger partial charge in [0, 0.05) is 11.3 Å². The van der Waals surface area contributed by atoms with Crippen LogP contribution in [0.5, 0.6) is 0 Å². The van der Waals surface area contributed by atoms with E-state index in [-0.39, 0.29) is 23.3 Å². The second-order valence-corrected chi connectivity index (χ2v) is 6.56. The summed E-state index contributed by atoms with van der Waals surface area (Å²) in [6, 6.07) is 5.15. The van der Waals surface area contributed by atoms with Crippen LogP contribution in [-0.4, -0.2) is 31.0 Å². The summed E-state index contributed by atoms with van der Waals surface area (Å²) in [5, 5.41) is 17.0. The van der Waals surface area contributed by atoms with E-state index in [0.29, 0.717) is 23.5 Å². The van der Waals surface area contributed by atoms with Crippen LogP contribution in [-0.2, 0) is 6.54 Å². The van der Waals surface area contributed by atoms with Gasteiger partial charge in [0.1, 0.15) is 5.15 Å². The van der Waals surface area contributed by atoms with Gasteiger partial charge < -0.3 is 10.4 Å². The molecule has 0 spiro atoms. The van der Waals surface area contributed by atoms with Gasteiger partial charge in [-0.05, 0) is 37.6 Å². The Kier molecular flexibility index (Phi) is 5.85. The number of aryl methyl sites for hydroxylation is 1. The molecule has 1 unspecified atom stereocenters. The molecule has 3 aromatic rings. The van der Waals surface area contributed by atoms with E-state index in [1.54, 1.807) is 19.1 Å². The number of aliphatic hydroxyl groups is 1. The van der Waals surface area contributed by atoms with Crippen molar-refractivity contribution in [2.45, 2.75) is 32.9 Å². The number of hydrogen-bond acceptors (Lipinski definition) is 5. The van der Waals surface area contributed by atoms with E-state index in [0.717, 1.165) is 12.1 Å². The molecule has 6 nitrogen and oxygen atoms in total. The summed E-state index contributed by atoms with van der Waals surface area (Å²) in [6.45, 7) is 3.69. The summed E-state index contributed by atoms with van der Waals surface area (Å²) >= 11 is 6.01. The fourth-order valence-corrected chi connectivity index (χ4v) is 2.82. The van der Waals surface area contributed by atoms with Crippen molar-refractivity contribution in [3.8, 4) is 11.4 Å². The first kappa shape index (κ1) is 20.1.